The molecule has 25 heavy (non-hydrogen) atoms. The standard InChI is InChI=1S/C18H19N5OS/c24-17-14-4-2-1-3-13(14)9-19-22(17)10-16-20-21-18(25)23(16)15-8-11-5-6-12(15)7-11/h1-4,9,11-12,15H,5-8,10H2,(H,21,25)/t11-,12+,15-/m0/s1. The van der Waals surface area contributed by atoms with Crippen LogP contribution in [0.25, 0.3) is 10.8 Å². The van der Waals surface area contributed by atoms with Crippen molar-refractivity contribution in [2.75, 3.05) is 0 Å². The Labute approximate surface area is 149 Å². The molecule has 6 nitrogen and oxygen atoms in total. The minimum Gasteiger partial charge on any atom is -0.299 e. The fourth-order valence-electron chi connectivity index (χ4n) is 4.69. The Morgan fingerprint density at radius 3 is 2.92 bits per heavy atom. The van der Waals surface area contributed by atoms with Gasteiger partial charge in [-0.15, -0.1) is 0 Å². The number of fused-ring (bicyclic) bond motifs is 3. The van der Waals surface area contributed by atoms with Crippen molar-refractivity contribution in [1.29, 1.82) is 0 Å². The van der Waals surface area contributed by atoms with Crippen LogP contribution < -0.4 is 5.56 Å². The minimum atomic E-state index is -0.0912. The lowest BCUT2D eigenvalue weighted by Gasteiger charge is -2.24. The van der Waals surface area contributed by atoms with E-state index in [4.69, 9.17) is 12.2 Å². The lowest BCUT2D eigenvalue weighted by Crippen LogP contribution is -2.26. The first kappa shape index (κ1) is 15.0. The van der Waals surface area contributed by atoms with E-state index >= 15 is 0 Å². The van der Waals surface area contributed by atoms with Gasteiger partial charge in [-0.2, -0.15) is 10.2 Å². The molecule has 0 saturated heterocycles. The molecule has 1 N–H and O–H groups in total. The zero-order valence-corrected chi connectivity index (χ0v) is 14.6. The topological polar surface area (TPSA) is 68.5 Å². The number of nitrogens with zero attached hydrogens (tertiary/aromatic N) is 4. The van der Waals surface area contributed by atoms with Gasteiger partial charge in [-0.3, -0.25) is 14.5 Å². The lowest BCUT2D eigenvalue weighted by molar-refractivity contribution is 0.317. The normalized spacial score (nSPS) is 25.0. The zero-order chi connectivity index (χ0) is 17.0. The average Bonchev–Trinajstić information content (AvgIpc) is 3.33. The summed E-state index contributed by atoms with van der Waals surface area (Å²) in [5.74, 6) is 2.31. The first-order chi connectivity index (χ1) is 12.2. The molecule has 2 aliphatic carbocycles. The van der Waals surface area contributed by atoms with Crippen LogP contribution in [0.5, 0.6) is 0 Å². The summed E-state index contributed by atoms with van der Waals surface area (Å²) in [6, 6.07) is 7.94. The molecule has 0 aliphatic heterocycles. The number of aromatic amines is 1. The maximum atomic E-state index is 12.7. The maximum absolute atomic E-state index is 12.7. The maximum Gasteiger partial charge on any atom is 0.275 e. The fraction of sp³-hybridized carbons (Fsp3) is 0.444. The van der Waals surface area contributed by atoms with Gasteiger partial charge in [0.2, 0.25) is 0 Å². The monoisotopic (exact) mass is 353 g/mol. The third-order valence-corrected chi connectivity index (χ3v) is 6.15. The number of hydrogen-bond donors (Lipinski definition) is 1. The van der Waals surface area contributed by atoms with Gasteiger partial charge in [-0.05, 0) is 49.4 Å². The molecule has 128 valence electrons. The number of nitrogens with one attached hydrogen (secondary N) is 1. The number of aromatic nitrogens is 5. The molecule has 2 heterocycles. The van der Waals surface area contributed by atoms with Gasteiger partial charge in [0, 0.05) is 11.4 Å². The third kappa shape index (κ3) is 2.37. The number of rotatable bonds is 3. The second kappa shape index (κ2) is 5.62. The molecule has 1 aromatic carbocycles. The summed E-state index contributed by atoms with van der Waals surface area (Å²) in [7, 11) is 0. The molecule has 0 spiro atoms. The van der Waals surface area contributed by atoms with E-state index in [1.54, 1.807) is 6.20 Å². The van der Waals surface area contributed by atoms with Crippen LogP contribution in [-0.2, 0) is 6.54 Å². The van der Waals surface area contributed by atoms with Crippen molar-refractivity contribution in [3.8, 4) is 0 Å². The van der Waals surface area contributed by atoms with Gasteiger partial charge in [-0.25, -0.2) is 4.68 Å². The van der Waals surface area contributed by atoms with Crippen molar-refractivity contribution in [1.82, 2.24) is 24.5 Å². The van der Waals surface area contributed by atoms with Crippen molar-refractivity contribution in [2.24, 2.45) is 11.8 Å². The lowest BCUT2D eigenvalue weighted by atomic mass is 9.95. The van der Waals surface area contributed by atoms with Gasteiger partial charge >= 0.3 is 0 Å². The Morgan fingerprint density at radius 1 is 1.24 bits per heavy atom. The second-order valence-electron chi connectivity index (χ2n) is 7.25. The van der Waals surface area contributed by atoms with E-state index in [1.807, 2.05) is 24.3 Å². The van der Waals surface area contributed by atoms with Crippen LogP contribution >= 0.6 is 12.2 Å². The number of benzene rings is 1. The van der Waals surface area contributed by atoms with E-state index in [-0.39, 0.29) is 5.56 Å². The van der Waals surface area contributed by atoms with E-state index in [0.29, 0.717) is 28.7 Å². The van der Waals surface area contributed by atoms with Crippen molar-refractivity contribution in [2.45, 2.75) is 38.3 Å². The van der Waals surface area contributed by atoms with E-state index in [1.165, 1.54) is 30.4 Å². The van der Waals surface area contributed by atoms with E-state index in [0.717, 1.165) is 17.1 Å². The Hall–Kier alpha value is -2.28. The molecular weight excluding hydrogens is 334 g/mol. The molecule has 7 heteroatoms. The highest BCUT2D eigenvalue weighted by molar-refractivity contribution is 7.71. The van der Waals surface area contributed by atoms with Gasteiger partial charge in [0.1, 0.15) is 6.54 Å². The predicted molar refractivity (Wildman–Crippen MR) is 97.0 cm³/mol. The number of H-pyrrole nitrogens is 1. The van der Waals surface area contributed by atoms with Crippen LogP contribution in [0.2, 0.25) is 0 Å². The summed E-state index contributed by atoms with van der Waals surface area (Å²) >= 11 is 5.49. The first-order valence-corrected chi connectivity index (χ1v) is 9.22. The quantitative estimate of drug-likeness (QED) is 0.735. The SMILES string of the molecule is O=c1c2ccccc2cnn1Cc1n[nH]c(=S)n1[C@H]1C[C@H]2CC[C@@H]1C2. The van der Waals surface area contributed by atoms with Gasteiger partial charge in [0.05, 0.1) is 11.6 Å². The van der Waals surface area contributed by atoms with E-state index in [9.17, 15) is 4.79 Å². The minimum absolute atomic E-state index is 0.0912. The van der Waals surface area contributed by atoms with Crippen LogP contribution in [0.3, 0.4) is 0 Å². The van der Waals surface area contributed by atoms with Crippen molar-refractivity contribution in [3.63, 3.8) is 0 Å². The average molecular weight is 353 g/mol. The Kier molecular flexibility index (Phi) is 3.38. The largest absolute Gasteiger partial charge is 0.299 e. The highest BCUT2D eigenvalue weighted by atomic mass is 32.1. The van der Waals surface area contributed by atoms with Crippen molar-refractivity contribution in [3.05, 3.63) is 51.4 Å². The van der Waals surface area contributed by atoms with Gasteiger partial charge in [0.15, 0.2) is 10.6 Å². The van der Waals surface area contributed by atoms with E-state index < -0.39 is 0 Å². The highest BCUT2D eigenvalue weighted by Gasteiger charge is 2.41. The smallest absolute Gasteiger partial charge is 0.275 e. The van der Waals surface area contributed by atoms with Crippen molar-refractivity contribution < 1.29 is 0 Å². The molecule has 0 radical (unpaired) electrons. The molecule has 2 aromatic heterocycles. The van der Waals surface area contributed by atoms with Gasteiger partial charge in [0.25, 0.3) is 5.56 Å². The summed E-state index contributed by atoms with van der Waals surface area (Å²) in [6.07, 6.45) is 6.82. The van der Waals surface area contributed by atoms with Crippen LogP contribution in [0.4, 0.5) is 0 Å². The molecular formula is C18H19N5OS. The van der Waals surface area contributed by atoms with Crippen molar-refractivity contribution >= 4 is 23.0 Å². The molecule has 3 atom stereocenters. The molecule has 0 unspecified atom stereocenters. The summed E-state index contributed by atoms with van der Waals surface area (Å²) in [6.45, 7) is 0.338. The van der Waals surface area contributed by atoms with E-state index in [2.05, 4.69) is 19.9 Å². The summed E-state index contributed by atoms with van der Waals surface area (Å²) in [5, 5.41) is 13.2. The molecule has 0 amide bonds. The molecule has 2 saturated carbocycles. The summed E-state index contributed by atoms with van der Waals surface area (Å²) < 4.78 is 4.28. The molecule has 2 fully saturated rings. The van der Waals surface area contributed by atoms with Crippen LogP contribution in [0, 0.1) is 16.6 Å². The summed E-state index contributed by atoms with van der Waals surface area (Å²) in [5.41, 5.74) is -0.0912. The molecule has 5 rings (SSSR count). The van der Waals surface area contributed by atoms with Crippen LogP contribution in [0.1, 0.15) is 37.5 Å². The van der Waals surface area contributed by atoms with Gasteiger partial charge < -0.3 is 0 Å². The Balaban J connectivity index is 1.55. The molecule has 2 aliphatic rings. The Bertz CT molecular complexity index is 1070. The van der Waals surface area contributed by atoms with Crippen LogP contribution in [0.15, 0.2) is 35.3 Å². The zero-order valence-electron chi connectivity index (χ0n) is 13.8. The first-order valence-electron chi connectivity index (χ1n) is 8.81. The summed E-state index contributed by atoms with van der Waals surface area (Å²) in [4.78, 5) is 12.7. The van der Waals surface area contributed by atoms with Crippen LogP contribution in [-0.4, -0.2) is 24.5 Å². The molecule has 3 aromatic rings. The molecule has 2 bridgehead atoms. The number of hydrogen-bond acceptors (Lipinski definition) is 4. The second-order valence-corrected chi connectivity index (χ2v) is 7.64. The fourth-order valence-corrected chi connectivity index (χ4v) is 4.98. The van der Waals surface area contributed by atoms with Gasteiger partial charge in [-0.1, -0.05) is 24.6 Å². The predicted octanol–water partition coefficient (Wildman–Crippen LogP) is 3.06. The highest BCUT2D eigenvalue weighted by Crippen LogP contribution is 2.50. The Morgan fingerprint density at radius 2 is 2.12 bits per heavy atom. The third-order valence-electron chi connectivity index (χ3n) is 5.86.